The highest BCUT2D eigenvalue weighted by atomic mass is 127. The lowest BCUT2D eigenvalue weighted by atomic mass is 10.1. The molecule has 0 bridgehead atoms. The lowest BCUT2D eigenvalue weighted by molar-refractivity contribution is 0.116. The smallest absolute Gasteiger partial charge is 0.226 e. The second-order valence-corrected chi connectivity index (χ2v) is 7.21. The van der Waals surface area contributed by atoms with Crippen molar-refractivity contribution in [2.45, 2.75) is 19.5 Å². The van der Waals surface area contributed by atoms with E-state index in [1.165, 1.54) is 5.56 Å². The Morgan fingerprint density at radius 1 is 1.21 bits per heavy atom. The van der Waals surface area contributed by atoms with Crippen molar-refractivity contribution in [3.8, 4) is 11.5 Å². The molecule has 8 heteroatoms. The molecule has 1 aliphatic rings. The van der Waals surface area contributed by atoms with Gasteiger partial charge in [0.15, 0.2) is 5.96 Å². The quantitative estimate of drug-likeness (QED) is 0.374. The molecule has 2 N–H and O–H groups in total. The molecule has 28 heavy (non-hydrogen) atoms. The molecule has 1 aliphatic heterocycles. The van der Waals surface area contributed by atoms with E-state index in [-0.39, 0.29) is 24.0 Å². The summed E-state index contributed by atoms with van der Waals surface area (Å²) in [5.41, 5.74) is 3.05. The van der Waals surface area contributed by atoms with Crippen molar-refractivity contribution in [1.29, 1.82) is 0 Å². The Morgan fingerprint density at radius 3 is 2.68 bits per heavy atom. The summed E-state index contributed by atoms with van der Waals surface area (Å²) in [6, 6.07) is 8.64. The monoisotopic (exact) mass is 498 g/mol. The minimum atomic E-state index is 0. The number of aryl methyl sites for hydroxylation is 1. The van der Waals surface area contributed by atoms with Gasteiger partial charge in [0.05, 0.1) is 12.2 Å². The van der Waals surface area contributed by atoms with E-state index in [4.69, 9.17) is 4.42 Å². The van der Waals surface area contributed by atoms with Gasteiger partial charge in [-0.3, -0.25) is 9.89 Å². The SMILES string of the molecule is CN=C(NCc1coc(-c2ccc(C)cc2)n1)NCC1CN(C)CCN1C.I. The number of nitrogens with one attached hydrogen (secondary N) is 2. The molecule has 7 nitrogen and oxygen atoms in total. The van der Waals surface area contributed by atoms with Crippen molar-refractivity contribution < 1.29 is 4.42 Å². The number of halogens is 1. The van der Waals surface area contributed by atoms with Gasteiger partial charge in [-0.1, -0.05) is 17.7 Å². The number of hydrogen-bond donors (Lipinski definition) is 2. The van der Waals surface area contributed by atoms with Gasteiger partial charge in [0, 0.05) is 44.8 Å². The van der Waals surface area contributed by atoms with Crippen LogP contribution in [0.4, 0.5) is 0 Å². The number of nitrogens with zero attached hydrogens (tertiary/aromatic N) is 4. The van der Waals surface area contributed by atoms with E-state index in [0.717, 1.165) is 43.4 Å². The molecule has 3 rings (SSSR count). The zero-order chi connectivity index (χ0) is 19.2. The molecule has 2 aromatic rings. The third-order valence-corrected chi connectivity index (χ3v) is 5.00. The number of aliphatic imine (C=N–C) groups is 1. The molecule has 0 saturated carbocycles. The molecular formula is C20H31IN6O. The summed E-state index contributed by atoms with van der Waals surface area (Å²) < 4.78 is 5.61. The van der Waals surface area contributed by atoms with Gasteiger partial charge in [-0.05, 0) is 33.2 Å². The number of piperazine rings is 1. The number of guanidine groups is 1. The number of aromatic nitrogens is 1. The molecule has 0 spiro atoms. The Hall–Kier alpha value is -1.65. The molecule has 1 unspecified atom stereocenters. The first-order chi connectivity index (χ1) is 13.0. The van der Waals surface area contributed by atoms with E-state index in [0.29, 0.717) is 18.5 Å². The summed E-state index contributed by atoms with van der Waals surface area (Å²) in [6.07, 6.45) is 1.69. The summed E-state index contributed by atoms with van der Waals surface area (Å²) in [7, 11) is 6.13. The second-order valence-electron chi connectivity index (χ2n) is 7.21. The summed E-state index contributed by atoms with van der Waals surface area (Å²) in [4.78, 5) is 13.6. The number of hydrogen-bond acceptors (Lipinski definition) is 5. The van der Waals surface area contributed by atoms with Crippen LogP contribution in [-0.4, -0.2) is 74.1 Å². The molecule has 154 valence electrons. The molecule has 1 saturated heterocycles. The summed E-state index contributed by atoms with van der Waals surface area (Å²) in [6.45, 7) is 6.76. The zero-order valence-corrected chi connectivity index (χ0v) is 19.4. The highest BCUT2D eigenvalue weighted by Crippen LogP contribution is 2.18. The fourth-order valence-corrected chi connectivity index (χ4v) is 3.15. The third-order valence-electron chi connectivity index (χ3n) is 5.00. The largest absolute Gasteiger partial charge is 0.444 e. The van der Waals surface area contributed by atoms with Crippen molar-refractivity contribution in [2.24, 2.45) is 4.99 Å². The predicted octanol–water partition coefficient (Wildman–Crippen LogP) is 2.18. The van der Waals surface area contributed by atoms with Crippen molar-refractivity contribution >= 4 is 29.9 Å². The Balaban J connectivity index is 0.00000280. The Kier molecular flexibility index (Phi) is 8.71. The van der Waals surface area contributed by atoms with Crippen LogP contribution in [0.2, 0.25) is 0 Å². The van der Waals surface area contributed by atoms with Crippen molar-refractivity contribution in [3.63, 3.8) is 0 Å². The van der Waals surface area contributed by atoms with E-state index in [1.54, 1.807) is 13.3 Å². The molecule has 1 atom stereocenters. The van der Waals surface area contributed by atoms with Crippen molar-refractivity contribution in [2.75, 3.05) is 47.3 Å². The lowest BCUT2D eigenvalue weighted by Gasteiger charge is -2.37. The molecule has 0 amide bonds. The Labute approximate surface area is 184 Å². The summed E-state index contributed by atoms with van der Waals surface area (Å²) in [5.74, 6) is 1.41. The van der Waals surface area contributed by atoms with Gasteiger partial charge in [0.25, 0.3) is 0 Å². The fourth-order valence-electron chi connectivity index (χ4n) is 3.15. The zero-order valence-electron chi connectivity index (χ0n) is 17.1. The Bertz CT molecular complexity index is 760. The number of rotatable bonds is 5. The minimum absolute atomic E-state index is 0. The van der Waals surface area contributed by atoms with E-state index < -0.39 is 0 Å². The van der Waals surface area contributed by atoms with Crippen LogP contribution in [0, 0.1) is 6.92 Å². The van der Waals surface area contributed by atoms with Crippen LogP contribution in [0.15, 0.2) is 39.9 Å². The second kappa shape index (κ2) is 10.8. The summed E-state index contributed by atoms with van der Waals surface area (Å²) >= 11 is 0. The number of benzene rings is 1. The molecule has 0 aliphatic carbocycles. The first-order valence-electron chi connectivity index (χ1n) is 9.40. The van der Waals surface area contributed by atoms with Gasteiger partial charge < -0.3 is 20.0 Å². The molecule has 0 radical (unpaired) electrons. The van der Waals surface area contributed by atoms with Gasteiger partial charge in [0.2, 0.25) is 5.89 Å². The van der Waals surface area contributed by atoms with Gasteiger partial charge in [0.1, 0.15) is 6.26 Å². The normalized spacial score (nSPS) is 18.6. The van der Waals surface area contributed by atoms with E-state index in [2.05, 4.69) is 63.6 Å². The number of likely N-dealkylation sites (N-methyl/N-ethyl adjacent to an activating group) is 2. The average Bonchev–Trinajstić information content (AvgIpc) is 3.14. The lowest BCUT2D eigenvalue weighted by Crippen LogP contribution is -2.55. The predicted molar refractivity (Wildman–Crippen MR) is 124 cm³/mol. The van der Waals surface area contributed by atoms with Gasteiger partial charge >= 0.3 is 0 Å². The van der Waals surface area contributed by atoms with E-state index >= 15 is 0 Å². The van der Waals surface area contributed by atoms with Gasteiger partial charge in [-0.2, -0.15) is 0 Å². The van der Waals surface area contributed by atoms with Crippen LogP contribution < -0.4 is 10.6 Å². The van der Waals surface area contributed by atoms with Crippen molar-refractivity contribution in [3.05, 3.63) is 41.8 Å². The third kappa shape index (κ3) is 6.18. The summed E-state index contributed by atoms with van der Waals surface area (Å²) in [5, 5.41) is 6.73. The van der Waals surface area contributed by atoms with Gasteiger partial charge in [-0.15, -0.1) is 24.0 Å². The van der Waals surface area contributed by atoms with Crippen LogP contribution in [-0.2, 0) is 6.54 Å². The molecule has 1 fully saturated rings. The standard InChI is InChI=1S/C20H30N6O.HI/c1-15-5-7-16(8-6-15)19-24-17(14-27-19)11-22-20(21-2)23-12-18-13-25(3)9-10-26(18)4;/h5-8,14,18H,9-13H2,1-4H3,(H2,21,22,23);1H. The Morgan fingerprint density at radius 2 is 1.96 bits per heavy atom. The first-order valence-corrected chi connectivity index (χ1v) is 9.40. The molecular weight excluding hydrogens is 467 g/mol. The maximum absolute atomic E-state index is 5.61. The molecule has 1 aromatic carbocycles. The maximum Gasteiger partial charge on any atom is 0.226 e. The fraction of sp³-hybridized carbons (Fsp3) is 0.500. The van der Waals surface area contributed by atoms with Crippen LogP contribution in [0.25, 0.3) is 11.5 Å². The highest BCUT2D eigenvalue weighted by Gasteiger charge is 2.22. The van der Waals surface area contributed by atoms with Crippen molar-refractivity contribution in [1.82, 2.24) is 25.4 Å². The van der Waals surface area contributed by atoms with Gasteiger partial charge in [-0.25, -0.2) is 4.98 Å². The first kappa shape index (κ1) is 22.6. The van der Waals surface area contributed by atoms with E-state index in [9.17, 15) is 0 Å². The topological polar surface area (TPSA) is 68.9 Å². The molecule has 2 heterocycles. The highest BCUT2D eigenvalue weighted by molar-refractivity contribution is 14.0. The average molecular weight is 498 g/mol. The number of oxazole rings is 1. The van der Waals surface area contributed by atoms with E-state index in [1.807, 2.05) is 12.1 Å². The van der Waals surface area contributed by atoms with Crippen LogP contribution >= 0.6 is 24.0 Å². The van der Waals surface area contributed by atoms with Crippen LogP contribution in [0.5, 0.6) is 0 Å². The minimum Gasteiger partial charge on any atom is -0.444 e. The maximum atomic E-state index is 5.61. The molecule has 1 aromatic heterocycles. The van der Waals surface area contributed by atoms with Crippen LogP contribution in [0.3, 0.4) is 0 Å². The van der Waals surface area contributed by atoms with Crippen LogP contribution in [0.1, 0.15) is 11.3 Å².